The van der Waals surface area contributed by atoms with Crippen molar-refractivity contribution in [3.8, 4) is 0 Å². The van der Waals surface area contributed by atoms with Gasteiger partial charge in [0.25, 0.3) is 5.91 Å². The number of thiol groups is 1. The predicted octanol–water partition coefficient (Wildman–Crippen LogP) is 3.16. The molecule has 1 aliphatic rings. The quantitative estimate of drug-likeness (QED) is 0.0852. The number of hydrogen-bond donors (Lipinski definition) is 7. The van der Waals surface area contributed by atoms with E-state index in [0.717, 1.165) is 5.92 Å². The van der Waals surface area contributed by atoms with Gasteiger partial charge in [-0.15, -0.1) is 0 Å². The first-order valence-corrected chi connectivity index (χ1v) is 16.8. The molecule has 1 rings (SSSR count). The van der Waals surface area contributed by atoms with Gasteiger partial charge in [-0.3, -0.25) is 23.9 Å². The van der Waals surface area contributed by atoms with Crippen LogP contribution in [0.1, 0.15) is 109 Å². The average Bonchev–Trinajstić information content (AvgIpc) is 3.43. The van der Waals surface area contributed by atoms with Gasteiger partial charge in [0, 0.05) is 44.7 Å². The summed E-state index contributed by atoms with van der Waals surface area (Å²) < 4.78 is 2.77. The van der Waals surface area contributed by atoms with Crippen molar-refractivity contribution in [2.75, 3.05) is 26.2 Å². The van der Waals surface area contributed by atoms with Gasteiger partial charge in [0.05, 0.1) is 0 Å². The van der Waals surface area contributed by atoms with Gasteiger partial charge in [0.1, 0.15) is 12.1 Å². The Bertz CT molecular complexity index is 919. The maximum Gasteiger partial charge on any atom is 0.315 e. The number of amides is 5. The fraction of sp³-hybridized carbons (Fsp3) is 0.844. The Balaban J connectivity index is 0. The highest BCUT2D eigenvalue weighted by molar-refractivity contribution is 7.78. The molecule has 5 amide bonds. The van der Waals surface area contributed by atoms with Crippen LogP contribution in [0.4, 0.5) is 4.79 Å². The molecule has 264 valence electrons. The summed E-state index contributed by atoms with van der Waals surface area (Å²) >= 11 is 3.97. The number of rotatable bonds is 14. The van der Waals surface area contributed by atoms with Crippen molar-refractivity contribution in [1.82, 2.24) is 30.9 Å². The first kappa shape index (κ1) is 44.7. The van der Waals surface area contributed by atoms with Crippen molar-refractivity contribution in [3.05, 3.63) is 0 Å². The molecule has 1 saturated heterocycles. The number of ketones is 1. The van der Waals surface area contributed by atoms with E-state index in [9.17, 15) is 24.0 Å². The molecule has 1 fully saturated rings. The zero-order valence-electron chi connectivity index (χ0n) is 30.1. The van der Waals surface area contributed by atoms with E-state index in [4.69, 9.17) is 5.73 Å². The Hall–Kier alpha value is -2.38. The lowest BCUT2D eigenvalue weighted by molar-refractivity contribution is -0.142. The molecule has 1 heterocycles. The number of primary amides is 1. The maximum absolute atomic E-state index is 13.7. The number of carbonyl (C=O) groups is 5. The molecule has 1 aliphatic heterocycles. The Labute approximate surface area is 278 Å². The van der Waals surface area contributed by atoms with E-state index in [1.165, 1.54) is 11.3 Å². The van der Waals surface area contributed by atoms with Crippen molar-refractivity contribution < 1.29 is 24.0 Å². The van der Waals surface area contributed by atoms with E-state index in [-0.39, 0.29) is 23.8 Å². The van der Waals surface area contributed by atoms with Crippen LogP contribution in [0, 0.1) is 16.7 Å². The summed E-state index contributed by atoms with van der Waals surface area (Å²) in [6.07, 6.45) is 2.17. The van der Waals surface area contributed by atoms with E-state index in [2.05, 4.69) is 59.6 Å². The summed E-state index contributed by atoms with van der Waals surface area (Å²) in [4.78, 5) is 63.9. The highest BCUT2D eigenvalue weighted by atomic mass is 32.1. The number of likely N-dealkylation sites (tertiary alicyclic amines) is 1. The molecule has 0 aromatic rings. The summed E-state index contributed by atoms with van der Waals surface area (Å²) in [5.41, 5.74) is 4.12. The molecule has 0 aromatic carbocycles. The van der Waals surface area contributed by atoms with Gasteiger partial charge in [-0.05, 0) is 36.5 Å². The van der Waals surface area contributed by atoms with Gasteiger partial charge in [-0.2, -0.15) is 0 Å². The molecule has 4 atom stereocenters. The Kier molecular flexibility index (Phi) is 22.1. The largest absolute Gasteiger partial charge is 0.363 e. The molecule has 4 unspecified atom stereocenters. The third-order valence-electron chi connectivity index (χ3n) is 7.31. The number of nitrogens with zero attached hydrogens (tertiary/aromatic N) is 1. The zero-order valence-corrected chi connectivity index (χ0v) is 31.0. The summed E-state index contributed by atoms with van der Waals surface area (Å²) in [7, 11) is 0. The first-order valence-electron chi connectivity index (χ1n) is 16.3. The fourth-order valence-corrected chi connectivity index (χ4v) is 4.29. The van der Waals surface area contributed by atoms with Crippen LogP contribution >= 0.6 is 12.8 Å². The number of carbonyl (C=O) groups excluding carboxylic acids is 5. The van der Waals surface area contributed by atoms with Crippen LogP contribution in [-0.4, -0.2) is 84.8 Å². The molecule has 0 aromatic heterocycles. The van der Waals surface area contributed by atoms with Gasteiger partial charge in [0.2, 0.25) is 17.6 Å². The van der Waals surface area contributed by atoms with Crippen molar-refractivity contribution in [2.24, 2.45) is 22.5 Å². The number of nitrogens with one attached hydrogen (secondary N) is 5. The van der Waals surface area contributed by atoms with Gasteiger partial charge >= 0.3 is 6.03 Å². The molecule has 0 bridgehead atoms. The third kappa shape index (κ3) is 18.4. The fourth-order valence-electron chi connectivity index (χ4n) is 4.18. The lowest BCUT2D eigenvalue weighted by atomic mass is 9.85. The van der Waals surface area contributed by atoms with Crippen LogP contribution < -0.4 is 31.7 Å². The smallest absolute Gasteiger partial charge is 0.315 e. The molecule has 45 heavy (non-hydrogen) atoms. The second-order valence-corrected chi connectivity index (χ2v) is 14.2. The minimum atomic E-state index is -1.06. The molecule has 0 radical (unpaired) electrons. The Morgan fingerprint density at radius 1 is 0.911 bits per heavy atom. The van der Waals surface area contributed by atoms with Crippen LogP contribution in [0.5, 0.6) is 0 Å². The lowest BCUT2D eigenvalue weighted by Gasteiger charge is -2.37. The van der Waals surface area contributed by atoms with E-state index < -0.39 is 47.2 Å². The highest BCUT2D eigenvalue weighted by Gasteiger charge is 2.42. The van der Waals surface area contributed by atoms with Crippen molar-refractivity contribution >= 4 is 42.4 Å². The number of urea groups is 1. The van der Waals surface area contributed by atoms with Crippen molar-refractivity contribution in [1.29, 1.82) is 0 Å². The molecule has 12 nitrogen and oxygen atoms in total. The number of nitrogens with two attached hydrogens (primary N) is 1. The third-order valence-corrected chi connectivity index (χ3v) is 7.53. The van der Waals surface area contributed by atoms with Gasteiger partial charge in [-0.1, -0.05) is 95.4 Å². The van der Waals surface area contributed by atoms with E-state index in [1.807, 2.05) is 55.4 Å². The zero-order chi connectivity index (χ0) is 35.5. The summed E-state index contributed by atoms with van der Waals surface area (Å²) in [5, 5.41) is 11.8. The molecular weight excluding hydrogens is 594 g/mol. The van der Waals surface area contributed by atoms with Crippen LogP contribution in [0.25, 0.3) is 0 Å². The molecule has 13 heteroatoms. The van der Waals surface area contributed by atoms with Gasteiger partial charge in [-0.25, -0.2) is 4.79 Å². The van der Waals surface area contributed by atoms with Crippen LogP contribution in [0.2, 0.25) is 0 Å². The topological polar surface area (TPSA) is 175 Å². The Morgan fingerprint density at radius 2 is 1.47 bits per heavy atom. The number of hydrogen-bond acceptors (Lipinski definition) is 8. The van der Waals surface area contributed by atoms with Gasteiger partial charge in [0.15, 0.2) is 0 Å². The second kappa shape index (κ2) is 22.2. The maximum atomic E-state index is 13.7. The van der Waals surface area contributed by atoms with E-state index in [0.29, 0.717) is 39.0 Å². The minimum Gasteiger partial charge on any atom is -0.363 e. The molecule has 7 N–H and O–H groups in total. The first-order chi connectivity index (χ1) is 20.8. The van der Waals surface area contributed by atoms with Crippen molar-refractivity contribution in [3.63, 3.8) is 0 Å². The molecule has 0 saturated carbocycles. The molecule has 0 aliphatic carbocycles. The SMILES string of the molecule is CC.CC(CC(=O)C(N)=O)NC(=O)C1CCCN1C(=O)C(NC(=O)NC(CNCCNS)C(C)(C)C)C(C)(C)C.CCC(C)C. The van der Waals surface area contributed by atoms with E-state index >= 15 is 0 Å². The summed E-state index contributed by atoms with van der Waals surface area (Å²) in [6.45, 7) is 26.1. The normalized spacial score (nSPS) is 16.7. The lowest BCUT2D eigenvalue weighted by Crippen LogP contribution is -2.61. The molecular formula is C32H65N7O5S. The van der Waals surface area contributed by atoms with Gasteiger partial charge < -0.3 is 31.9 Å². The van der Waals surface area contributed by atoms with E-state index in [1.54, 1.807) is 6.92 Å². The van der Waals surface area contributed by atoms with Crippen LogP contribution in [0.15, 0.2) is 0 Å². The minimum absolute atomic E-state index is 0.215. The van der Waals surface area contributed by atoms with Crippen LogP contribution in [-0.2, 0) is 19.2 Å². The summed E-state index contributed by atoms with van der Waals surface area (Å²) in [5.74, 6) is -1.71. The standard InChI is InChI=1S/C25H47N7O5S.C5H12.C2H6/c1-15(13-17(33)20(26)34)29-21(35)16-9-8-12-32(16)22(36)19(25(5,6)7)31-23(37)30-18(24(2,3)4)14-27-10-11-28-38;1-4-5(2)3;1-2/h15-16,18-19,27-28,38H,8-14H2,1-7H3,(H2,26,34)(H,29,35)(H2,30,31,37);5H,4H2,1-3H3;1-2H3. The monoisotopic (exact) mass is 659 g/mol. The number of Topliss-reactive ketones (excluding diaryl/α,β-unsaturated/α-hetero) is 1. The predicted molar refractivity (Wildman–Crippen MR) is 186 cm³/mol. The summed E-state index contributed by atoms with van der Waals surface area (Å²) in [6, 6.07) is -2.92. The van der Waals surface area contributed by atoms with Crippen molar-refractivity contribution in [2.45, 2.75) is 133 Å². The molecule has 0 spiro atoms. The second-order valence-electron chi connectivity index (χ2n) is 13.8. The average molecular weight is 660 g/mol. The highest BCUT2D eigenvalue weighted by Crippen LogP contribution is 2.26. The Morgan fingerprint density at radius 3 is 1.91 bits per heavy atom. The van der Waals surface area contributed by atoms with Crippen LogP contribution in [0.3, 0.4) is 0 Å².